The molecule has 4 nitrogen and oxygen atoms in total. The minimum atomic E-state index is -0.541. The molecule has 0 aliphatic rings. The van der Waals surface area contributed by atoms with Crippen molar-refractivity contribution >= 4 is 33.4 Å². The first-order valence-electron chi connectivity index (χ1n) is 5.51. The van der Waals surface area contributed by atoms with Gasteiger partial charge in [-0.15, -0.1) is 0 Å². The van der Waals surface area contributed by atoms with E-state index >= 15 is 0 Å². The molecule has 0 saturated heterocycles. The Balaban J connectivity index is 2.31. The second-order valence-corrected chi connectivity index (χ2v) is 5.12. The summed E-state index contributed by atoms with van der Waals surface area (Å²) < 4.78 is 6.19. The average Bonchev–Trinajstić information content (AvgIpc) is 2.29. The van der Waals surface area contributed by atoms with Gasteiger partial charge in [-0.25, -0.2) is 0 Å². The first-order valence-corrected chi connectivity index (χ1v) is 6.68. The standard InChI is InChI=1S/C12H15BrClNO3/c1-8(16)7-15-12(17)4-5-18-11-3-2-9(14)6-10(11)13/h2-3,6,8,16H,4-5,7H2,1H3,(H,15,17). The molecule has 100 valence electrons. The van der Waals surface area contributed by atoms with Gasteiger partial charge in [0, 0.05) is 11.6 Å². The third-order valence-corrected chi connectivity index (χ3v) is 2.93. The zero-order valence-corrected chi connectivity index (χ0v) is 12.3. The van der Waals surface area contributed by atoms with Crippen LogP contribution in [0.5, 0.6) is 5.75 Å². The fraction of sp³-hybridized carbons (Fsp3) is 0.417. The Hall–Kier alpha value is -0.780. The fourth-order valence-electron chi connectivity index (χ4n) is 1.20. The Kier molecular flexibility index (Phi) is 6.46. The summed E-state index contributed by atoms with van der Waals surface area (Å²) in [6.07, 6.45) is -0.304. The van der Waals surface area contributed by atoms with Gasteiger partial charge in [0.05, 0.1) is 23.6 Å². The quantitative estimate of drug-likeness (QED) is 0.838. The Morgan fingerprint density at radius 3 is 2.94 bits per heavy atom. The van der Waals surface area contributed by atoms with E-state index in [0.717, 1.165) is 4.47 Å². The Morgan fingerprint density at radius 1 is 1.61 bits per heavy atom. The maximum atomic E-state index is 11.3. The lowest BCUT2D eigenvalue weighted by Crippen LogP contribution is -2.31. The summed E-state index contributed by atoms with van der Waals surface area (Å²) in [5, 5.41) is 12.2. The van der Waals surface area contributed by atoms with Crippen LogP contribution < -0.4 is 10.1 Å². The number of hydrogen-bond acceptors (Lipinski definition) is 3. The molecule has 18 heavy (non-hydrogen) atoms. The summed E-state index contributed by atoms with van der Waals surface area (Å²) >= 11 is 9.12. The molecule has 1 atom stereocenters. The number of ether oxygens (including phenoxy) is 1. The van der Waals surface area contributed by atoms with Crippen LogP contribution in [0.3, 0.4) is 0 Å². The van der Waals surface area contributed by atoms with Gasteiger partial charge in [0.15, 0.2) is 0 Å². The molecular formula is C12H15BrClNO3. The van der Waals surface area contributed by atoms with E-state index in [2.05, 4.69) is 21.2 Å². The number of nitrogens with one attached hydrogen (secondary N) is 1. The van der Waals surface area contributed by atoms with Crippen molar-refractivity contribution in [2.45, 2.75) is 19.4 Å². The van der Waals surface area contributed by atoms with Crippen molar-refractivity contribution in [1.82, 2.24) is 5.32 Å². The van der Waals surface area contributed by atoms with Crippen LogP contribution in [0.15, 0.2) is 22.7 Å². The van der Waals surface area contributed by atoms with Crippen molar-refractivity contribution in [3.05, 3.63) is 27.7 Å². The van der Waals surface area contributed by atoms with Crippen molar-refractivity contribution < 1.29 is 14.6 Å². The predicted molar refractivity (Wildman–Crippen MR) is 74.0 cm³/mol. The van der Waals surface area contributed by atoms with E-state index in [1.807, 2.05) is 0 Å². The summed E-state index contributed by atoms with van der Waals surface area (Å²) in [5.41, 5.74) is 0. The largest absolute Gasteiger partial charge is 0.492 e. The zero-order chi connectivity index (χ0) is 13.5. The molecule has 1 unspecified atom stereocenters. The maximum Gasteiger partial charge on any atom is 0.223 e. The maximum absolute atomic E-state index is 11.3. The SMILES string of the molecule is CC(O)CNC(=O)CCOc1ccc(Cl)cc1Br. The van der Waals surface area contributed by atoms with Gasteiger partial charge in [0.2, 0.25) is 5.91 Å². The van der Waals surface area contributed by atoms with Gasteiger partial charge in [0.1, 0.15) is 5.75 Å². The van der Waals surface area contributed by atoms with Crippen LogP contribution in [0.25, 0.3) is 0 Å². The number of benzene rings is 1. The molecule has 0 aliphatic carbocycles. The van der Waals surface area contributed by atoms with Gasteiger partial charge in [-0.3, -0.25) is 4.79 Å². The Labute approximate surface area is 119 Å². The highest BCUT2D eigenvalue weighted by atomic mass is 79.9. The lowest BCUT2D eigenvalue weighted by atomic mass is 10.3. The first-order chi connectivity index (χ1) is 8.49. The van der Waals surface area contributed by atoms with Crippen molar-refractivity contribution in [3.8, 4) is 5.75 Å². The monoisotopic (exact) mass is 335 g/mol. The smallest absolute Gasteiger partial charge is 0.223 e. The van der Waals surface area contributed by atoms with Gasteiger partial charge in [-0.05, 0) is 41.1 Å². The van der Waals surface area contributed by atoms with Crippen LogP contribution in [-0.2, 0) is 4.79 Å². The number of aliphatic hydroxyl groups is 1. The second-order valence-electron chi connectivity index (χ2n) is 3.83. The molecule has 0 heterocycles. The molecule has 0 aromatic heterocycles. The minimum absolute atomic E-state index is 0.152. The third kappa shape index (κ3) is 5.71. The highest BCUT2D eigenvalue weighted by Crippen LogP contribution is 2.27. The van der Waals surface area contributed by atoms with Crippen LogP contribution in [0.1, 0.15) is 13.3 Å². The molecule has 0 fully saturated rings. The summed E-state index contributed by atoms with van der Waals surface area (Å²) in [4.78, 5) is 11.3. The molecule has 1 aromatic rings. The highest BCUT2D eigenvalue weighted by Gasteiger charge is 2.05. The normalized spacial score (nSPS) is 12.0. The van der Waals surface area contributed by atoms with E-state index in [9.17, 15) is 4.79 Å². The van der Waals surface area contributed by atoms with E-state index in [4.69, 9.17) is 21.4 Å². The summed E-state index contributed by atoms with van der Waals surface area (Å²) in [7, 11) is 0. The molecule has 0 bridgehead atoms. The van der Waals surface area contributed by atoms with Gasteiger partial charge in [-0.2, -0.15) is 0 Å². The molecular weight excluding hydrogens is 321 g/mol. The van der Waals surface area contributed by atoms with E-state index < -0.39 is 6.10 Å². The van der Waals surface area contributed by atoms with Crippen molar-refractivity contribution in [2.75, 3.05) is 13.2 Å². The number of hydrogen-bond donors (Lipinski definition) is 2. The van der Waals surface area contributed by atoms with Crippen molar-refractivity contribution in [3.63, 3.8) is 0 Å². The zero-order valence-electron chi connectivity index (χ0n) is 9.95. The lowest BCUT2D eigenvalue weighted by molar-refractivity contribution is -0.122. The van der Waals surface area contributed by atoms with E-state index in [1.54, 1.807) is 25.1 Å². The minimum Gasteiger partial charge on any atom is -0.492 e. The van der Waals surface area contributed by atoms with E-state index in [0.29, 0.717) is 10.8 Å². The fourth-order valence-corrected chi connectivity index (χ4v) is 1.99. The van der Waals surface area contributed by atoms with Crippen LogP contribution >= 0.6 is 27.5 Å². The van der Waals surface area contributed by atoms with Gasteiger partial charge >= 0.3 is 0 Å². The molecule has 1 amide bonds. The number of carbonyl (C=O) groups excluding carboxylic acids is 1. The Bertz CT molecular complexity index is 412. The number of halogens is 2. The number of aliphatic hydroxyl groups excluding tert-OH is 1. The van der Waals surface area contributed by atoms with Crippen LogP contribution in [0.4, 0.5) is 0 Å². The van der Waals surface area contributed by atoms with Gasteiger partial charge in [0.25, 0.3) is 0 Å². The Morgan fingerprint density at radius 2 is 2.33 bits per heavy atom. The number of carbonyl (C=O) groups is 1. The molecule has 6 heteroatoms. The average molecular weight is 337 g/mol. The van der Waals surface area contributed by atoms with E-state index in [1.165, 1.54) is 0 Å². The molecule has 2 N–H and O–H groups in total. The van der Waals surface area contributed by atoms with Crippen LogP contribution in [0.2, 0.25) is 5.02 Å². The van der Waals surface area contributed by atoms with E-state index in [-0.39, 0.29) is 25.5 Å². The molecule has 1 rings (SSSR count). The molecule has 1 aromatic carbocycles. The second kappa shape index (κ2) is 7.61. The van der Waals surface area contributed by atoms with Crippen LogP contribution in [-0.4, -0.2) is 30.3 Å². The van der Waals surface area contributed by atoms with Crippen molar-refractivity contribution in [2.24, 2.45) is 0 Å². The van der Waals surface area contributed by atoms with Crippen molar-refractivity contribution in [1.29, 1.82) is 0 Å². The third-order valence-electron chi connectivity index (χ3n) is 2.08. The number of amides is 1. The first kappa shape index (κ1) is 15.3. The molecule has 0 saturated carbocycles. The van der Waals surface area contributed by atoms with Crippen LogP contribution in [0, 0.1) is 0 Å². The lowest BCUT2D eigenvalue weighted by Gasteiger charge is -2.09. The molecule has 0 aliphatic heterocycles. The summed E-state index contributed by atoms with van der Waals surface area (Å²) in [5.74, 6) is 0.490. The molecule has 0 spiro atoms. The van der Waals surface area contributed by atoms with Gasteiger partial charge in [-0.1, -0.05) is 11.6 Å². The highest BCUT2D eigenvalue weighted by molar-refractivity contribution is 9.10. The summed E-state index contributed by atoms with van der Waals surface area (Å²) in [6, 6.07) is 5.18. The molecule has 0 radical (unpaired) electrons. The predicted octanol–water partition coefficient (Wildman–Crippen LogP) is 2.37. The van der Waals surface area contributed by atoms with Gasteiger partial charge < -0.3 is 15.2 Å². The topological polar surface area (TPSA) is 58.6 Å². The summed E-state index contributed by atoms with van der Waals surface area (Å²) in [6.45, 7) is 2.14. The number of rotatable bonds is 6.